The summed E-state index contributed by atoms with van der Waals surface area (Å²) >= 11 is 6.29. The van der Waals surface area contributed by atoms with Crippen LogP contribution >= 0.6 is 11.6 Å². The van der Waals surface area contributed by atoms with Gasteiger partial charge < -0.3 is 9.47 Å². The lowest BCUT2D eigenvalue weighted by Crippen LogP contribution is -2.54. The number of ether oxygens (including phenoxy) is 2. The summed E-state index contributed by atoms with van der Waals surface area (Å²) in [5.41, 5.74) is 0.826. The van der Waals surface area contributed by atoms with Gasteiger partial charge in [-0.3, -0.25) is 14.9 Å². The van der Waals surface area contributed by atoms with E-state index in [1.165, 1.54) is 55.7 Å². The van der Waals surface area contributed by atoms with Gasteiger partial charge in [0.05, 0.1) is 23.4 Å². The molecule has 0 radical (unpaired) electrons. The Morgan fingerprint density at radius 1 is 1.06 bits per heavy atom. The van der Waals surface area contributed by atoms with Crippen molar-refractivity contribution >= 4 is 47.2 Å². The van der Waals surface area contributed by atoms with Gasteiger partial charge in [-0.1, -0.05) is 35.9 Å². The first kappa shape index (κ1) is 24.6. The van der Waals surface area contributed by atoms with Gasteiger partial charge in [0.2, 0.25) is 0 Å². The molecule has 1 aliphatic rings. The van der Waals surface area contributed by atoms with Crippen LogP contribution in [0.25, 0.3) is 6.08 Å². The number of urea groups is 1. The standard InChI is InChI=1S/C26H18ClFN2O6/c1-35-25(33)16-7-9-18(10-8-16)30-24(32)19(23(31)29-26(30)34)12-15-6-11-22(20(27)13-15)36-14-17-4-2-3-5-21(17)28/h2-13H,14H2,1H3,(H,29,31,34)/b19-12+. The van der Waals surface area contributed by atoms with Gasteiger partial charge in [0.25, 0.3) is 11.8 Å². The van der Waals surface area contributed by atoms with Crippen molar-refractivity contribution in [2.45, 2.75) is 6.61 Å². The van der Waals surface area contributed by atoms with E-state index < -0.39 is 29.6 Å². The molecule has 1 saturated heterocycles. The molecular formula is C26H18ClFN2O6. The first-order valence-electron chi connectivity index (χ1n) is 10.5. The highest BCUT2D eigenvalue weighted by molar-refractivity contribution is 6.39. The number of hydrogen-bond donors (Lipinski definition) is 1. The fraction of sp³-hybridized carbons (Fsp3) is 0.0769. The number of halogens is 2. The van der Waals surface area contributed by atoms with Crippen molar-refractivity contribution < 1.29 is 33.0 Å². The molecular weight excluding hydrogens is 491 g/mol. The predicted molar refractivity (Wildman–Crippen MR) is 129 cm³/mol. The molecule has 0 spiro atoms. The number of barbiturate groups is 1. The number of amides is 4. The Morgan fingerprint density at radius 3 is 2.44 bits per heavy atom. The lowest BCUT2D eigenvalue weighted by Gasteiger charge is -2.26. The number of benzene rings is 3. The molecule has 10 heteroatoms. The maximum Gasteiger partial charge on any atom is 0.337 e. The van der Waals surface area contributed by atoms with Crippen molar-refractivity contribution in [3.63, 3.8) is 0 Å². The summed E-state index contributed by atoms with van der Waals surface area (Å²) < 4.78 is 24.0. The third kappa shape index (κ3) is 5.11. The van der Waals surface area contributed by atoms with Gasteiger partial charge in [-0.2, -0.15) is 0 Å². The molecule has 4 rings (SSSR count). The Bertz CT molecular complexity index is 1400. The van der Waals surface area contributed by atoms with Crippen molar-refractivity contribution in [3.8, 4) is 5.75 Å². The Hall–Kier alpha value is -4.50. The number of rotatable bonds is 6. The summed E-state index contributed by atoms with van der Waals surface area (Å²) in [6.07, 6.45) is 1.28. The minimum absolute atomic E-state index is 0.0421. The molecule has 3 aromatic rings. The van der Waals surface area contributed by atoms with Gasteiger partial charge in [-0.25, -0.2) is 18.9 Å². The smallest absolute Gasteiger partial charge is 0.337 e. The van der Waals surface area contributed by atoms with Gasteiger partial charge in [-0.05, 0) is 54.1 Å². The quantitative estimate of drug-likeness (QED) is 0.298. The summed E-state index contributed by atoms with van der Waals surface area (Å²) in [7, 11) is 1.23. The molecule has 0 unspecified atom stereocenters. The zero-order chi connectivity index (χ0) is 25.8. The van der Waals surface area contributed by atoms with Crippen molar-refractivity contribution in [2.24, 2.45) is 0 Å². The van der Waals surface area contributed by atoms with E-state index in [-0.39, 0.29) is 34.2 Å². The van der Waals surface area contributed by atoms with Gasteiger partial charge in [0.1, 0.15) is 23.7 Å². The molecule has 0 aliphatic carbocycles. The maximum atomic E-state index is 13.8. The van der Waals surface area contributed by atoms with E-state index in [2.05, 4.69) is 10.1 Å². The molecule has 0 aromatic heterocycles. The van der Waals surface area contributed by atoms with Crippen LogP contribution in [0.1, 0.15) is 21.5 Å². The zero-order valence-corrected chi connectivity index (χ0v) is 19.5. The topological polar surface area (TPSA) is 102 Å². The highest BCUT2D eigenvalue weighted by Crippen LogP contribution is 2.29. The molecule has 1 aliphatic heterocycles. The third-order valence-corrected chi connectivity index (χ3v) is 5.55. The minimum Gasteiger partial charge on any atom is -0.487 e. The van der Waals surface area contributed by atoms with Gasteiger partial charge in [-0.15, -0.1) is 0 Å². The lowest BCUT2D eigenvalue weighted by molar-refractivity contribution is -0.122. The zero-order valence-electron chi connectivity index (χ0n) is 18.8. The van der Waals surface area contributed by atoms with E-state index >= 15 is 0 Å². The molecule has 1 N–H and O–H groups in total. The number of imide groups is 2. The normalized spacial score (nSPS) is 14.6. The minimum atomic E-state index is -0.928. The molecule has 3 aromatic carbocycles. The monoisotopic (exact) mass is 508 g/mol. The second-order valence-electron chi connectivity index (χ2n) is 7.57. The Morgan fingerprint density at radius 2 is 1.78 bits per heavy atom. The molecule has 1 heterocycles. The molecule has 0 bridgehead atoms. The average Bonchev–Trinajstić information content (AvgIpc) is 2.86. The summed E-state index contributed by atoms with van der Waals surface area (Å²) in [5.74, 6) is -2.43. The third-order valence-electron chi connectivity index (χ3n) is 5.26. The van der Waals surface area contributed by atoms with Crippen LogP contribution in [0.3, 0.4) is 0 Å². The first-order chi connectivity index (χ1) is 17.3. The number of nitrogens with one attached hydrogen (secondary N) is 1. The number of carbonyl (C=O) groups is 4. The molecule has 1 fully saturated rings. The van der Waals surface area contributed by atoms with Crippen LogP contribution in [0.5, 0.6) is 5.75 Å². The fourth-order valence-electron chi connectivity index (χ4n) is 3.42. The van der Waals surface area contributed by atoms with Crippen molar-refractivity contribution in [1.29, 1.82) is 0 Å². The van der Waals surface area contributed by atoms with Crippen molar-refractivity contribution in [2.75, 3.05) is 12.0 Å². The molecule has 182 valence electrons. The van der Waals surface area contributed by atoms with E-state index in [0.29, 0.717) is 11.1 Å². The summed E-state index contributed by atoms with van der Waals surface area (Å²) in [6, 6.07) is 15.3. The van der Waals surface area contributed by atoms with E-state index in [1.54, 1.807) is 24.3 Å². The van der Waals surface area contributed by atoms with Gasteiger partial charge in [0.15, 0.2) is 0 Å². The number of hydrogen-bond acceptors (Lipinski definition) is 6. The largest absolute Gasteiger partial charge is 0.487 e. The highest BCUT2D eigenvalue weighted by Gasteiger charge is 2.36. The molecule has 36 heavy (non-hydrogen) atoms. The Kier molecular flexibility index (Phi) is 7.12. The summed E-state index contributed by atoms with van der Waals surface area (Å²) in [4.78, 5) is 50.3. The van der Waals surface area contributed by atoms with Crippen LogP contribution in [0.15, 0.2) is 72.3 Å². The van der Waals surface area contributed by atoms with E-state index in [1.807, 2.05) is 0 Å². The van der Waals surface area contributed by atoms with E-state index in [9.17, 15) is 23.6 Å². The van der Waals surface area contributed by atoms with Gasteiger partial charge in [0, 0.05) is 5.56 Å². The van der Waals surface area contributed by atoms with Crippen LogP contribution < -0.4 is 15.0 Å². The fourth-order valence-corrected chi connectivity index (χ4v) is 3.66. The van der Waals surface area contributed by atoms with Crippen LogP contribution in [0.2, 0.25) is 5.02 Å². The van der Waals surface area contributed by atoms with E-state index in [0.717, 1.165) is 4.90 Å². The number of nitrogens with zero attached hydrogens (tertiary/aromatic N) is 1. The number of methoxy groups -OCH3 is 1. The summed E-state index contributed by atoms with van der Waals surface area (Å²) in [5, 5.41) is 2.30. The average molecular weight is 509 g/mol. The van der Waals surface area contributed by atoms with Crippen LogP contribution in [-0.4, -0.2) is 30.9 Å². The van der Waals surface area contributed by atoms with Crippen LogP contribution in [0.4, 0.5) is 14.9 Å². The molecule has 0 saturated carbocycles. The molecule has 8 nitrogen and oxygen atoms in total. The van der Waals surface area contributed by atoms with Crippen molar-refractivity contribution in [1.82, 2.24) is 5.32 Å². The predicted octanol–water partition coefficient (Wildman–Crippen LogP) is 4.51. The molecule has 4 amide bonds. The van der Waals surface area contributed by atoms with Crippen LogP contribution in [-0.2, 0) is 20.9 Å². The summed E-state index contributed by atoms with van der Waals surface area (Å²) in [6.45, 7) is -0.0421. The SMILES string of the molecule is COC(=O)c1ccc(N2C(=O)NC(=O)/C(=C\c3ccc(OCc4ccccc4F)c(Cl)c3)C2=O)cc1. The second-order valence-corrected chi connectivity index (χ2v) is 7.97. The Balaban J connectivity index is 1.55. The van der Waals surface area contributed by atoms with Crippen LogP contribution in [0, 0.1) is 5.82 Å². The van der Waals surface area contributed by atoms with Crippen molar-refractivity contribution in [3.05, 3.63) is 99.8 Å². The highest BCUT2D eigenvalue weighted by atomic mass is 35.5. The number of carbonyl (C=O) groups excluding carboxylic acids is 4. The maximum absolute atomic E-state index is 13.8. The number of esters is 1. The lowest BCUT2D eigenvalue weighted by atomic mass is 10.1. The second kappa shape index (κ2) is 10.4. The number of anilines is 1. The molecule has 0 atom stereocenters. The Labute approximate surface area is 209 Å². The first-order valence-corrected chi connectivity index (χ1v) is 10.9. The van der Waals surface area contributed by atoms with E-state index in [4.69, 9.17) is 16.3 Å². The van der Waals surface area contributed by atoms with Gasteiger partial charge >= 0.3 is 12.0 Å².